The Balaban J connectivity index is 1.91. The van der Waals surface area contributed by atoms with Crippen molar-refractivity contribution in [2.75, 3.05) is 26.2 Å². The molecule has 0 radical (unpaired) electrons. The molecular formula is C15H24N2. The van der Waals surface area contributed by atoms with Crippen LogP contribution >= 0.6 is 0 Å². The van der Waals surface area contributed by atoms with Crippen LogP contribution in [0.25, 0.3) is 0 Å². The summed E-state index contributed by atoms with van der Waals surface area (Å²) in [4.78, 5) is 2.60. The number of benzene rings is 1. The van der Waals surface area contributed by atoms with Crippen molar-refractivity contribution < 1.29 is 0 Å². The van der Waals surface area contributed by atoms with Gasteiger partial charge < -0.3 is 5.32 Å². The Morgan fingerprint density at radius 1 is 1.24 bits per heavy atom. The molecule has 1 fully saturated rings. The second kappa shape index (κ2) is 5.19. The van der Waals surface area contributed by atoms with Gasteiger partial charge in [-0.15, -0.1) is 0 Å². The molecule has 2 rings (SSSR count). The van der Waals surface area contributed by atoms with Crippen LogP contribution in [0, 0.1) is 6.92 Å². The number of nitrogens with one attached hydrogen (secondary N) is 1. The number of hydrogen-bond acceptors (Lipinski definition) is 2. The van der Waals surface area contributed by atoms with Crippen LogP contribution in [-0.4, -0.2) is 36.6 Å². The molecule has 2 nitrogen and oxygen atoms in total. The first-order valence-electron chi connectivity index (χ1n) is 6.59. The topological polar surface area (TPSA) is 15.3 Å². The van der Waals surface area contributed by atoms with Gasteiger partial charge in [-0.1, -0.05) is 29.8 Å². The van der Waals surface area contributed by atoms with Crippen LogP contribution in [0.3, 0.4) is 0 Å². The highest BCUT2D eigenvalue weighted by Gasteiger charge is 2.28. The molecule has 0 aliphatic carbocycles. The molecular weight excluding hydrogens is 208 g/mol. The van der Waals surface area contributed by atoms with Crippen molar-refractivity contribution in [2.45, 2.75) is 32.7 Å². The van der Waals surface area contributed by atoms with Crippen LogP contribution in [0.15, 0.2) is 24.3 Å². The summed E-state index contributed by atoms with van der Waals surface area (Å²) in [5.74, 6) is 0. The van der Waals surface area contributed by atoms with Crippen molar-refractivity contribution in [3.63, 3.8) is 0 Å². The molecule has 0 saturated carbocycles. The maximum Gasteiger partial charge on any atom is 0.0278 e. The molecule has 17 heavy (non-hydrogen) atoms. The highest BCUT2D eigenvalue weighted by Crippen LogP contribution is 2.16. The van der Waals surface area contributed by atoms with Gasteiger partial charge in [0.15, 0.2) is 0 Å². The third-order valence-electron chi connectivity index (χ3n) is 3.76. The van der Waals surface area contributed by atoms with Crippen molar-refractivity contribution in [1.29, 1.82) is 0 Å². The molecule has 1 aliphatic heterocycles. The molecule has 1 aliphatic rings. The fourth-order valence-electron chi connectivity index (χ4n) is 2.46. The Morgan fingerprint density at radius 3 is 2.59 bits per heavy atom. The molecule has 2 heteroatoms. The van der Waals surface area contributed by atoms with Crippen LogP contribution in [-0.2, 0) is 6.42 Å². The summed E-state index contributed by atoms with van der Waals surface area (Å²) >= 11 is 0. The van der Waals surface area contributed by atoms with E-state index in [1.54, 1.807) is 0 Å². The molecule has 0 unspecified atom stereocenters. The van der Waals surface area contributed by atoms with E-state index in [0.29, 0.717) is 5.54 Å². The van der Waals surface area contributed by atoms with E-state index in [-0.39, 0.29) is 0 Å². The molecule has 0 aromatic heterocycles. The summed E-state index contributed by atoms with van der Waals surface area (Å²) in [5, 5.41) is 3.47. The zero-order chi connectivity index (χ0) is 12.3. The maximum absolute atomic E-state index is 3.47. The Kier molecular flexibility index (Phi) is 3.85. The van der Waals surface area contributed by atoms with Gasteiger partial charge >= 0.3 is 0 Å². The highest BCUT2D eigenvalue weighted by atomic mass is 15.2. The Labute approximate surface area is 105 Å². The second-order valence-corrected chi connectivity index (χ2v) is 5.71. The lowest BCUT2D eigenvalue weighted by atomic mass is 9.99. The lowest BCUT2D eigenvalue weighted by molar-refractivity contribution is 0.0921. The fraction of sp³-hybridized carbons (Fsp3) is 0.600. The fourth-order valence-corrected chi connectivity index (χ4v) is 2.46. The van der Waals surface area contributed by atoms with Crippen LogP contribution in [0.4, 0.5) is 0 Å². The predicted octanol–water partition coefficient (Wildman–Crippen LogP) is 2.22. The highest BCUT2D eigenvalue weighted by molar-refractivity contribution is 5.21. The van der Waals surface area contributed by atoms with E-state index in [9.17, 15) is 0 Å². The minimum absolute atomic E-state index is 0.295. The normalized spacial score (nSPS) is 20.4. The SMILES string of the molecule is Cc1ccc(CCN2CCNCC2(C)C)cc1. The Hall–Kier alpha value is -0.860. The summed E-state index contributed by atoms with van der Waals surface area (Å²) in [6.07, 6.45) is 1.16. The number of piperazine rings is 1. The summed E-state index contributed by atoms with van der Waals surface area (Å²) in [5.41, 5.74) is 3.09. The molecule has 1 aromatic carbocycles. The molecule has 1 saturated heterocycles. The van der Waals surface area contributed by atoms with Gasteiger partial charge in [0.05, 0.1) is 0 Å². The molecule has 1 heterocycles. The van der Waals surface area contributed by atoms with Crippen LogP contribution in [0.1, 0.15) is 25.0 Å². The first-order valence-corrected chi connectivity index (χ1v) is 6.59. The van der Waals surface area contributed by atoms with Crippen molar-refractivity contribution in [3.05, 3.63) is 35.4 Å². The quantitative estimate of drug-likeness (QED) is 0.859. The van der Waals surface area contributed by atoms with Crippen LogP contribution in [0.5, 0.6) is 0 Å². The van der Waals surface area contributed by atoms with Crippen molar-refractivity contribution in [2.24, 2.45) is 0 Å². The minimum atomic E-state index is 0.295. The predicted molar refractivity (Wildman–Crippen MR) is 73.4 cm³/mol. The standard InChI is InChI=1S/C15H24N2/c1-13-4-6-14(7-5-13)8-10-17-11-9-16-12-15(17,2)3/h4-7,16H,8-12H2,1-3H3. The average molecular weight is 232 g/mol. The second-order valence-electron chi connectivity index (χ2n) is 5.71. The van der Waals surface area contributed by atoms with Gasteiger partial charge in [0.2, 0.25) is 0 Å². The summed E-state index contributed by atoms with van der Waals surface area (Å²) in [6.45, 7) is 11.3. The molecule has 1 aromatic rings. The van der Waals surface area contributed by atoms with Crippen molar-refractivity contribution in [3.8, 4) is 0 Å². The number of aryl methyl sites for hydroxylation is 1. The third kappa shape index (κ3) is 3.30. The number of hydrogen-bond donors (Lipinski definition) is 1. The van der Waals surface area contributed by atoms with Gasteiger partial charge in [-0.25, -0.2) is 0 Å². The van der Waals surface area contributed by atoms with Gasteiger partial charge in [0, 0.05) is 31.7 Å². The van der Waals surface area contributed by atoms with E-state index >= 15 is 0 Å². The molecule has 0 atom stereocenters. The molecule has 94 valence electrons. The van der Waals surface area contributed by atoms with Crippen molar-refractivity contribution in [1.82, 2.24) is 10.2 Å². The largest absolute Gasteiger partial charge is 0.314 e. The molecule has 0 spiro atoms. The smallest absolute Gasteiger partial charge is 0.0278 e. The first kappa shape index (κ1) is 12.6. The van der Waals surface area contributed by atoms with Crippen LogP contribution in [0.2, 0.25) is 0 Å². The summed E-state index contributed by atoms with van der Waals surface area (Å²) in [6, 6.07) is 8.92. The van der Waals surface area contributed by atoms with E-state index in [1.807, 2.05) is 0 Å². The monoisotopic (exact) mass is 232 g/mol. The van der Waals surface area contributed by atoms with Gasteiger partial charge in [-0.3, -0.25) is 4.90 Å². The summed E-state index contributed by atoms with van der Waals surface area (Å²) in [7, 11) is 0. The van der Waals surface area contributed by atoms with E-state index < -0.39 is 0 Å². The first-order chi connectivity index (χ1) is 8.08. The zero-order valence-corrected chi connectivity index (χ0v) is 11.3. The van der Waals surface area contributed by atoms with E-state index in [4.69, 9.17) is 0 Å². The minimum Gasteiger partial charge on any atom is -0.314 e. The maximum atomic E-state index is 3.47. The van der Waals surface area contributed by atoms with E-state index in [1.165, 1.54) is 17.7 Å². The van der Waals surface area contributed by atoms with Gasteiger partial charge in [-0.2, -0.15) is 0 Å². The Morgan fingerprint density at radius 2 is 1.94 bits per heavy atom. The molecule has 1 N–H and O–H groups in total. The lowest BCUT2D eigenvalue weighted by Gasteiger charge is -2.43. The van der Waals surface area contributed by atoms with Gasteiger partial charge in [0.1, 0.15) is 0 Å². The number of rotatable bonds is 3. The van der Waals surface area contributed by atoms with Gasteiger partial charge in [-0.05, 0) is 32.8 Å². The van der Waals surface area contributed by atoms with Crippen molar-refractivity contribution >= 4 is 0 Å². The van der Waals surface area contributed by atoms with Crippen LogP contribution < -0.4 is 5.32 Å². The van der Waals surface area contributed by atoms with E-state index in [2.05, 4.69) is 55.3 Å². The van der Waals surface area contributed by atoms with Gasteiger partial charge in [0.25, 0.3) is 0 Å². The zero-order valence-electron chi connectivity index (χ0n) is 11.3. The number of nitrogens with zero attached hydrogens (tertiary/aromatic N) is 1. The lowest BCUT2D eigenvalue weighted by Crippen LogP contribution is -2.58. The average Bonchev–Trinajstić information content (AvgIpc) is 2.29. The molecule has 0 amide bonds. The Bertz CT molecular complexity index is 354. The summed E-state index contributed by atoms with van der Waals surface area (Å²) < 4.78 is 0. The van der Waals surface area contributed by atoms with E-state index in [0.717, 1.165) is 26.1 Å². The molecule has 0 bridgehead atoms. The third-order valence-corrected chi connectivity index (χ3v) is 3.76.